The summed E-state index contributed by atoms with van der Waals surface area (Å²) in [7, 11) is 0. The van der Waals surface area contributed by atoms with Crippen molar-refractivity contribution >= 4 is 29.5 Å². The van der Waals surface area contributed by atoms with Gasteiger partial charge in [0.2, 0.25) is 17.6 Å². The number of carbonyl (C=O) groups is 5. The molecule has 0 aromatic rings. The third kappa shape index (κ3) is 6.94. The van der Waals surface area contributed by atoms with Gasteiger partial charge >= 0.3 is 6.09 Å². The molecule has 9 nitrogen and oxygen atoms in total. The highest BCUT2D eigenvalue weighted by atomic mass is 16.6. The van der Waals surface area contributed by atoms with Gasteiger partial charge in [0, 0.05) is 13.5 Å². The molecule has 0 aromatic carbocycles. The summed E-state index contributed by atoms with van der Waals surface area (Å²) in [5, 5.41) is 5.75. The molecule has 1 aliphatic heterocycles. The number of hydrogen-bond donors (Lipinski definition) is 2. The average molecular weight is 532 g/mol. The fourth-order valence-corrected chi connectivity index (χ4v) is 6.75. The van der Waals surface area contributed by atoms with Crippen LogP contribution >= 0.6 is 0 Å². The molecule has 0 aromatic heterocycles. The fraction of sp³-hybridized carbons (Fsp3) is 0.828. The first-order chi connectivity index (χ1) is 17.9. The molecule has 3 saturated carbocycles. The SMILES string of the molecule is CC(=O)C(=O)C(CC1CC1)NC(=O)[C@@H]1[C@H]2CCC[C@H]2CN1C(=O)[C@@H](NC(=O)OC(C)(C)C)C1CCCCC1. The predicted octanol–water partition coefficient (Wildman–Crippen LogP) is 3.53. The summed E-state index contributed by atoms with van der Waals surface area (Å²) >= 11 is 0. The summed E-state index contributed by atoms with van der Waals surface area (Å²) < 4.78 is 5.50. The van der Waals surface area contributed by atoms with Crippen LogP contribution in [-0.4, -0.2) is 64.6 Å². The van der Waals surface area contributed by atoms with Crippen molar-refractivity contribution in [1.82, 2.24) is 15.5 Å². The molecule has 3 amide bonds. The topological polar surface area (TPSA) is 122 Å². The Kier molecular flexibility index (Phi) is 8.82. The van der Waals surface area contributed by atoms with Gasteiger partial charge in [-0.2, -0.15) is 0 Å². The van der Waals surface area contributed by atoms with Crippen molar-refractivity contribution in [3.63, 3.8) is 0 Å². The lowest BCUT2D eigenvalue weighted by Crippen LogP contribution is -2.59. The van der Waals surface area contributed by atoms with Crippen molar-refractivity contribution in [3.8, 4) is 0 Å². The Hall–Kier alpha value is -2.45. The average Bonchev–Trinajstić information content (AvgIpc) is 3.42. The molecule has 1 unspecified atom stereocenters. The predicted molar refractivity (Wildman–Crippen MR) is 141 cm³/mol. The Bertz CT molecular complexity index is 933. The summed E-state index contributed by atoms with van der Waals surface area (Å²) in [5.41, 5.74) is -0.697. The second-order valence-electron chi connectivity index (χ2n) is 13.0. The lowest BCUT2D eigenvalue weighted by atomic mass is 9.83. The van der Waals surface area contributed by atoms with Gasteiger partial charge in [0.25, 0.3) is 0 Å². The second-order valence-corrected chi connectivity index (χ2v) is 13.0. The molecule has 1 saturated heterocycles. The number of fused-ring (bicyclic) bond motifs is 1. The Labute approximate surface area is 226 Å². The van der Waals surface area contributed by atoms with E-state index >= 15 is 0 Å². The molecule has 38 heavy (non-hydrogen) atoms. The molecular weight excluding hydrogens is 486 g/mol. The molecule has 0 bridgehead atoms. The van der Waals surface area contributed by atoms with Crippen LogP contribution in [0.25, 0.3) is 0 Å². The maximum Gasteiger partial charge on any atom is 0.408 e. The van der Waals surface area contributed by atoms with E-state index in [-0.39, 0.29) is 29.6 Å². The van der Waals surface area contributed by atoms with Gasteiger partial charge in [0.15, 0.2) is 5.78 Å². The van der Waals surface area contributed by atoms with Crippen LogP contribution in [0.1, 0.15) is 98.3 Å². The van der Waals surface area contributed by atoms with Crippen LogP contribution in [0.15, 0.2) is 0 Å². The van der Waals surface area contributed by atoms with Gasteiger partial charge in [-0.1, -0.05) is 38.5 Å². The number of ether oxygens (including phenoxy) is 1. The maximum atomic E-state index is 14.2. The van der Waals surface area contributed by atoms with E-state index in [1.54, 1.807) is 25.7 Å². The molecule has 0 radical (unpaired) electrons. The van der Waals surface area contributed by atoms with E-state index in [2.05, 4.69) is 10.6 Å². The highest BCUT2D eigenvalue weighted by Crippen LogP contribution is 2.43. The maximum absolute atomic E-state index is 14.2. The van der Waals surface area contributed by atoms with Crippen LogP contribution in [0.5, 0.6) is 0 Å². The van der Waals surface area contributed by atoms with Gasteiger partial charge in [0.05, 0.1) is 6.04 Å². The van der Waals surface area contributed by atoms with E-state index in [0.29, 0.717) is 18.9 Å². The minimum absolute atomic E-state index is 0.0153. The number of ketones is 2. The monoisotopic (exact) mass is 531 g/mol. The number of Topliss-reactive ketones (excluding diaryl/α,β-unsaturated/α-hetero) is 2. The summed E-state index contributed by atoms with van der Waals surface area (Å²) in [6.07, 6.45) is 9.38. The van der Waals surface area contributed by atoms with Crippen molar-refractivity contribution in [2.75, 3.05) is 6.54 Å². The number of amides is 3. The summed E-state index contributed by atoms with van der Waals surface area (Å²) in [4.78, 5) is 66.9. The molecule has 4 rings (SSSR count). The number of carbonyl (C=O) groups excluding carboxylic acids is 5. The summed E-state index contributed by atoms with van der Waals surface area (Å²) in [6.45, 7) is 7.06. The highest BCUT2D eigenvalue weighted by Gasteiger charge is 2.52. The van der Waals surface area contributed by atoms with Gasteiger partial charge in [0.1, 0.15) is 17.7 Å². The van der Waals surface area contributed by atoms with Crippen LogP contribution in [0, 0.1) is 23.7 Å². The Morgan fingerprint density at radius 1 is 0.895 bits per heavy atom. The number of rotatable bonds is 9. The molecule has 5 atom stereocenters. The van der Waals surface area contributed by atoms with Crippen LogP contribution in [0.2, 0.25) is 0 Å². The van der Waals surface area contributed by atoms with Crippen molar-refractivity contribution < 1.29 is 28.7 Å². The van der Waals surface area contributed by atoms with E-state index in [0.717, 1.165) is 64.2 Å². The van der Waals surface area contributed by atoms with Crippen LogP contribution < -0.4 is 10.6 Å². The first-order valence-electron chi connectivity index (χ1n) is 14.6. The lowest BCUT2D eigenvalue weighted by molar-refractivity contribution is -0.143. The smallest absolute Gasteiger partial charge is 0.408 e. The third-order valence-electron chi connectivity index (χ3n) is 8.75. The van der Waals surface area contributed by atoms with Crippen molar-refractivity contribution in [2.45, 2.75) is 122 Å². The largest absolute Gasteiger partial charge is 0.444 e. The number of nitrogens with one attached hydrogen (secondary N) is 2. The number of nitrogens with zero attached hydrogens (tertiary/aromatic N) is 1. The molecular formula is C29H45N3O6. The van der Waals surface area contributed by atoms with Gasteiger partial charge in [-0.15, -0.1) is 0 Å². The number of hydrogen-bond acceptors (Lipinski definition) is 6. The lowest BCUT2D eigenvalue weighted by Gasteiger charge is -2.36. The number of alkyl carbamates (subject to hydrolysis) is 1. The molecule has 4 aliphatic rings. The van der Waals surface area contributed by atoms with E-state index in [1.165, 1.54) is 6.92 Å². The van der Waals surface area contributed by atoms with Crippen LogP contribution in [0.4, 0.5) is 4.79 Å². The third-order valence-corrected chi connectivity index (χ3v) is 8.75. The van der Waals surface area contributed by atoms with Crippen molar-refractivity contribution in [1.29, 1.82) is 0 Å². The zero-order valence-electron chi connectivity index (χ0n) is 23.4. The first-order valence-corrected chi connectivity index (χ1v) is 14.6. The minimum atomic E-state index is -0.848. The zero-order valence-corrected chi connectivity index (χ0v) is 23.4. The molecule has 3 aliphatic carbocycles. The summed E-state index contributed by atoms with van der Waals surface area (Å²) in [6, 6.07) is -2.32. The molecule has 212 valence electrons. The fourth-order valence-electron chi connectivity index (χ4n) is 6.75. The normalized spacial score (nSPS) is 27.3. The van der Waals surface area contributed by atoms with Gasteiger partial charge in [-0.3, -0.25) is 19.2 Å². The van der Waals surface area contributed by atoms with Gasteiger partial charge in [-0.05, 0) is 76.5 Å². The van der Waals surface area contributed by atoms with E-state index < -0.39 is 41.4 Å². The van der Waals surface area contributed by atoms with E-state index in [1.807, 2.05) is 0 Å². The van der Waals surface area contributed by atoms with Gasteiger partial charge in [-0.25, -0.2) is 4.79 Å². The Morgan fingerprint density at radius 3 is 2.18 bits per heavy atom. The Morgan fingerprint density at radius 2 is 1.58 bits per heavy atom. The molecule has 1 heterocycles. The van der Waals surface area contributed by atoms with Crippen LogP contribution in [-0.2, 0) is 23.9 Å². The molecule has 2 N–H and O–H groups in total. The van der Waals surface area contributed by atoms with Gasteiger partial charge < -0.3 is 20.3 Å². The summed E-state index contributed by atoms with van der Waals surface area (Å²) in [5.74, 6) is -1.17. The van der Waals surface area contributed by atoms with E-state index in [4.69, 9.17) is 4.74 Å². The highest BCUT2D eigenvalue weighted by molar-refractivity contribution is 6.38. The quantitative estimate of drug-likeness (QED) is 0.439. The van der Waals surface area contributed by atoms with Crippen molar-refractivity contribution in [3.05, 3.63) is 0 Å². The Balaban J connectivity index is 1.55. The minimum Gasteiger partial charge on any atom is -0.444 e. The van der Waals surface area contributed by atoms with Crippen LogP contribution in [0.3, 0.4) is 0 Å². The first kappa shape index (κ1) is 28.6. The standard InChI is InChI=1S/C29H45N3O6/c1-17(33)25(34)22(15-18-13-14-18)30-26(35)24-21-12-8-11-20(21)16-32(24)27(36)23(19-9-6-5-7-10-19)31-28(37)38-29(2,3)4/h18-24H,5-16H2,1-4H3,(H,30,35)(H,31,37)/t20-,21-,22?,23-,24-/m0/s1. The van der Waals surface area contributed by atoms with Crippen molar-refractivity contribution in [2.24, 2.45) is 23.7 Å². The molecule has 0 spiro atoms. The number of likely N-dealkylation sites (tertiary alicyclic amines) is 1. The molecule has 9 heteroatoms. The van der Waals surface area contributed by atoms with E-state index in [9.17, 15) is 24.0 Å². The second kappa shape index (κ2) is 11.7. The zero-order chi connectivity index (χ0) is 27.6. The molecule has 4 fully saturated rings.